The highest BCUT2D eigenvalue weighted by molar-refractivity contribution is 9.11. The van der Waals surface area contributed by atoms with Gasteiger partial charge in [0.2, 0.25) is 0 Å². The van der Waals surface area contributed by atoms with E-state index in [1.54, 1.807) is 6.07 Å². The van der Waals surface area contributed by atoms with Gasteiger partial charge in [0.15, 0.2) is 5.69 Å². The van der Waals surface area contributed by atoms with Crippen LogP contribution in [0.25, 0.3) is 5.69 Å². The van der Waals surface area contributed by atoms with Gasteiger partial charge in [-0.3, -0.25) is 5.10 Å². The maximum Gasteiger partial charge on any atom is 0.388 e. The summed E-state index contributed by atoms with van der Waals surface area (Å²) in [5, 5.41) is 10.2. The molecule has 0 saturated heterocycles. The summed E-state index contributed by atoms with van der Waals surface area (Å²) in [6, 6.07) is 1.66. The van der Waals surface area contributed by atoms with Gasteiger partial charge in [0.1, 0.15) is 13.8 Å². The largest absolute Gasteiger partial charge is 0.413 e. The molecule has 10 heteroatoms. The predicted octanol–water partition coefficient (Wildman–Crippen LogP) is 3.48. The molecule has 2 aromatic heterocycles. The van der Waals surface area contributed by atoms with Gasteiger partial charge in [0.25, 0.3) is 5.88 Å². The number of hydrogen-bond acceptors (Lipinski definition) is 3. The summed E-state index contributed by atoms with van der Waals surface area (Å²) in [6.45, 7) is -2.96. The molecule has 0 aromatic carbocycles. The summed E-state index contributed by atoms with van der Waals surface area (Å²) in [4.78, 5) is 0. The van der Waals surface area contributed by atoms with Gasteiger partial charge in [-0.05, 0) is 47.8 Å². The first kappa shape index (κ1) is 13.0. The normalized spacial score (nSPS) is 11.2. The zero-order chi connectivity index (χ0) is 12.6. The number of halogens is 5. The smallest absolute Gasteiger partial charge is 0.388 e. The van der Waals surface area contributed by atoms with Crippen LogP contribution >= 0.6 is 47.8 Å². The fourth-order valence-corrected chi connectivity index (χ4v) is 2.72. The van der Waals surface area contributed by atoms with Crippen molar-refractivity contribution in [2.45, 2.75) is 6.61 Å². The third-order valence-corrected chi connectivity index (χ3v) is 3.22. The van der Waals surface area contributed by atoms with E-state index in [0.29, 0.717) is 13.8 Å². The SMILES string of the molecule is FC(F)Oc1n[nH]c(Br)c1-n1nc(Br)cc1Br. The third-order valence-electron chi connectivity index (χ3n) is 1.71. The number of H-pyrrole nitrogens is 1. The molecule has 0 unspecified atom stereocenters. The molecule has 0 amide bonds. The van der Waals surface area contributed by atoms with E-state index >= 15 is 0 Å². The van der Waals surface area contributed by atoms with Crippen LogP contribution in [0.4, 0.5) is 8.78 Å². The molecule has 0 radical (unpaired) electrons. The van der Waals surface area contributed by atoms with Crippen LogP contribution in [0.2, 0.25) is 0 Å². The van der Waals surface area contributed by atoms with Crippen molar-refractivity contribution >= 4 is 47.8 Å². The zero-order valence-electron chi connectivity index (χ0n) is 7.79. The molecule has 0 aliphatic heterocycles. The first-order chi connectivity index (χ1) is 7.99. The number of hydrogen-bond donors (Lipinski definition) is 1. The monoisotopic (exact) mass is 434 g/mol. The molecule has 0 atom stereocenters. The topological polar surface area (TPSA) is 55.7 Å². The average Bonchev–Trinajstić information content (AvgIpc) is 2.70. The molecule has 17 heavy (non-hydrogen) atoms. The Morgan fingerprint density at radius 1 is 1.35 bits per heavy atom. The molecule has 5 nitrogen and oxygen atoms in total. The average molecular weight is 437 g/mol. The molecule has 0 spiro atoms. The molecule has 0 saturated carbocycles. The van der Waals surface area contributed by atoms with Crippen LogP contribution in [-0.2, 0) is 0 Å². The molecular weight excluding hydrogens is 434 g/mol. The number of ether oxygens (including phenoxy) is 1. The summed E-state index contributed by atoms with van der Waals surface area (Å²) in [7, 11) is 0. The van der Waals surface area contributed by atoms with Crippen LogP contribution in [0.15, 0.2) is 19.9 Å². The van der Waals surface area contributed by atoms with Crippen molar-refractivity contribution in [3.05, 3.63) is 19.9 Å². The second-order valence-electron chi connectivity index (χ2n) is 2.77. The highest BCUT2D eigenvalue weighted by Gasteiger charge is 2.21. The van der Waals surface area contributed by atoms with E-state index in [1.165, 1.54) is 4.68 Å². The molecule has 0 aliphatic carbocycles. The number of alkyl halides is 2. The van der Waals surface area contributed by atoms with Gasteiger partial charge < -0.3 is 4.74 Å². The summed E-state index contributed by atoms with van der Waals surface area (Å²) < 4.78 is 31.5. The van der Waals surface area contributed by atoms with Crippen LogP contribution in [0.3, 0.4) is 0 Å². The Hall–Kier alpha value is -0.480. The molecule has 2 rings (SSSR count). The first-order valence-electron chi connectivity index (χ1n) is 4.09. The lowest BCUT2D eigenvalue weighted by Gasteiger charge is -2.05. The Labute approximate surface area is 119 Å². The zero-order valence-corrected chi connectivity index (χ0v) is 12.6. The van der Waals surface area contributed by atoms with Crippen molar-refractivity contribution in [3.8, 4) is 11.6 Å². The van der Waals surface area contributed by atoms with Crippen LogP contribution < -0.4 is 4.74 Å². The number of nitrogens with zero attached hydrogens (tertiary/aromatic N) is 3. The lowest BCUT2D eigenvalue weighted by Crippen LogP contribution is -2.06. The number of nitrogens with one attached hydrogen (secondary N) is 1. The Balaban J connectivity index is 2.50. The minimum atomic E-state index is -2.96. The van der Waals surface area contributed by atoms with E-state index in [2.05, 4.69) is 67.8 Å². The van der Waals surface area contributed by atoms with Crippen molar-refractivity contribution in [1.29, 1.82) is 0 Å². The Morgan fingerprint density at radius 2 is 2.06 bits per heavy atom. The highest BCUT2D eigenvalue weighted by atomic mass is 79.9. The summed E-state index contributed by atoms with van der Waals surface area (Å²) in [6.07, 6.45) is 0. The van der Waals surface area contributed by atoms with E-state index in [4.69, 9.17) is 0 Å². The minimum absolute atomic E-state index is 0.247. The Kier molecular flexibility index (Phi) is 3.83. The molecular formula is C7H3Br3F2N4O. The van der Waals surface area contributed by atoms with Gasteiger partial charge in [-0.1, -0.05) is 0 Å². The molecule has 92 valence electrons. The number of rotatable bonds is 3. The molecule has 0 aliphatic rings. The van der Waals surface area contributed by atoms with Gasteiger partial charge in [0, 0.05) is 6.07 Å². The number of aromatic nitrogens is 4. The first-order valence-corrected chi connectivity index (χ1v) is 6.47. The van der Waals surface area contributed by atoms with Crippen LogP contribution in [-0.4, -0.2) is 26.6 Å². The second kappa shape index (κ2) is 5.02. The second-order valence-corrected chi connectivity index (χ2v) is 5.19. The summed E-state index contributed by atoms with van der Waals surface area (Å²) >= 11 is 9.56. The van der Waals surface area contributed by atoms with E-state index < -0.39 is 6.61 Å². The molecule has 1 N–H and O–H groups in total. The van der Waals surface area contributed by atoms with Gasteiger partial charge in [-0.15, -0.1) is 5.10 Å². The Bertz CT molecular complexity index is 541. The van der Waals surface area contributed by atoms with Crippen molar-refractivity contribution in [2.75, 3.05) is 0 Å². The summed E-state index contributed by atoms with van der Waals surface area (Å²) in [5.41, 5.74) is 0.253. The minimum Gasteiger partial charge on any atom is -0.413 e. The quantitative estimate of drug-likeness (QED) is 0.801. The van der Waals surface area contributed by atoms with Gasteiger partial charge >= 0.3 is 6.61 Å². The molecule has 0 bridgehead atoms. The van der Waals surface area contributed by atoms with Crippen molar-refractivity contribution < 1.29 is 13.5 Å². The molecule has 2 heterocycles. The predicted molar refractivity (Wildman–Crippen MR) is 65.4 cm³/mol. The van der Waals surface area contributed by atoms with Crippen LogP contribution in [0, 0.1) is 0 Å². The van der Waals surface area contributed by atoms with Gasteiger partial charge in [-0.2, -0.15) is 13.9 Å². The van der Waals surface area contributed by atoms with Gasteiger partial charge in [-0.25, -0.2) is 4.68 Å². The molecule has 2 aromatic rings. The Morgan fingerprint density at radius 3 is 2.59 bits per heavy atom. The van der Waals surface area contributed by atoms with Crippen LogP contribution in [0.1, 0.15) is 0 Å². The fraction of sp³-hybridized carbons (Fsp3) is 0.143. The lowest BCUT2D eigenvalue weighted by molar-refractivity contribution is -0.0529. The van der Waals surface area contributed by atoms with Crippen molar-refractivity contribution in [1.82, 2.24) is 20.0 Å². The maximum absolute atomic E-state index is 12.2. The lowest BCUT2D eigenvalue weighted by atomic mass is 10.5. The molecule has 0 fully saturated rings. The fourth-order valence-electron chi connectivity index (χ4n) is 1.14. The third kappa shape index (κ3) is 2.68. The van der Waals surface area contributed by atoms with Gasteiger partial charge in [0.05, 0.1) is 0 Å². The standard InChI is InChI=1S/C7H3Br3F2N4O/c8-2-1-3(9)16(15-2)4-5(10)13-14-6(4)17-7(11)12/h1,7H,(H,13,14). The maximum atomic E-state index is 12.2. The van der Waals surface area contributed by atoms with E-state index in [0.717, 1.165) is 0 Å². The van der Waals surface area contributed by atoms with Crippen molar-refractivity contribution in [2.24, 2.45) is 0 Å². The van der Waals surface area contributed by atoms with E-state index in [1.807, 2.05) is 0 Å². The van der Waals surface area contributed by atoms with Crippen LogP contribution in [0.5, 0.6) is 5.88 Å². The van der Waals surface area contributed by atoms with E-state index in [9.17, 15) is 8.78 Å². The van der Waals surface area contributed by atoms with E-state index in [-0.39, 0.29) is 11.6 Å². The highest BCUT2D eigenvalue weighted by Crippen LogP contribution is 2.32. The summed E-state index contributed by atoms with van der Waals surface area (Å²) in [5.74, 6) is -0.247. The van der Waals surface area contributed by atoms with Crippen molar-refractivity contribution in [3.63, 3.8) is 0 Å². The number of aromatic amines is 1.